The van der Waals surface area contributed by atoms with Gasteiger partial charge < -0.3 is 15.4 Å². The number of hydrogen-bond acceptors (Lipinski definition) is 2. The summed E-state index contributed by atoms with van der Waals surface area (Å²) in [6.07, 6.45) is 1.14. The summed E-state index contributed by atoms with van der Waals surface area (Å²) in [5, 5.41) is 6.86. The molecule has 0 bridgehead atoms. The molecule has 4 nitrogen and oxygen atoms in total. The number of para-hydroxylation sites is 1. The Kier molecular flexibility index (Phi) is 5.41. The van der Waals surface area contributed by atoms with E-state index in [4.69, 9.17) is 4.74 Å². The van der Waals surface area contributed by atoms with Gasteiger partial charge in [-0.2, -0.15) is 0 Å². The normalized spacial score (nSPS) is 19.7. The van der Waals surface area contributed by atoms with Crippen molar-refractivity contribution in [3.05, 3.63) is 64.1 Å². The molecule has 5 heteroatoms. The highest BCUT2D eigenvalue weighted by Gasteiger charge is 2.38. The van der Waals surface area contributed by atoms with Crippen molar-refractivity contribution in [2.24, 2.45) is 4.99 Å². The average molecular weight is 388 g/mol. The van der Waals surface area contributed by atoms with Crippen LogP contribution in [-0.4, -0.2) is 26.2 Å². The van der Waals surface area contributed by atoms with Crippen LogP contribution in [0.1, 0.15) is 23.5 Å². The molecule has 0 aromatic heterocycles. The van der Waals surface area contributed by atoms with Gasteiger partial charge in [-0.3, -0.25) is 4.99 Å². The minimum absolute atomic E-state index is 0.440. The highest BCUT2D eigenvalue weighted by Crippen LogP contribution is 2.40. The fraction of sp³-hybridized carbons (Fsp3) is 0.316. The Morgan fingerprint density at radius 2 is 1.96 bits per heavy atom. The number of hydrogen-bond donors (Lipinski definition) is 2. The Balaban J connectivity index is 1.54. The molecule has 126 valence electrons. The second kappa shape index (κ2) is 7.71. The second-order valence-corrected chi connectivity index (χ2v) is 6.80. The van der Waals surface area contributed by atoms with Crippen LogP contribution in [-0.2, 0) is 6.54 Å². The summed E-state index contributed by atoms with van der Waals surface area (Å²) in [6.45, 7) is 0.680. The van der Waals surface area contributed by atoms with Gasteiger partial charge in [-0.1, -0.05) is 46.3 Å². The van der Waals surface area contributed by atoms with E-state index in [1.165, 1.54) is 5.56 Å². The predicted octanol–water partition coefficient (Wildman–Crippen LogP) is 3.68. The number of aliphatic imine (C=N–C) groups is 1. The molecule has 1 saturated carbocycles. The summed E-state index contributed by atoms with van der Waals surface area (Å²) < 4.78 is 6.50. The van der Waals surface area contributed by atoms with Gasteiger partial charge in [0.2, 0.25) is 0 Å². The van der Waals surface area contributed by atoms with Gasteiger partial charge in [-0.05, 0) is 30.2 Å². The molecule has 0 heterocycles. The van der Waals surface area contributed by atoms with Gasteiger partial charge in [0.25, 0.3) is 0 Å². The van der Waals surface area contributed by atoms with Gasteiger partial charge in [0.1, 0.15) is 5.75 Å². The summed E-state index contributed by atoms with van der Waals surface area (Å²) >= 11 is 3.48. The van der Waals surface area contributed by atoms with Gasteiger partial charge in [0.05, 0.1) is 7.11 Å². The smallest absolute Gasteiger partial charge is 0.191 e. The van der Waals surface area contributed by atoms with Crippen LogP contribution in [0.15, 0.2) is 58.0 Å². The maximum Gasteiger partial charge on any atom is 0.191 e. The van der Waals surface area contributed by atoms with Crippen molar-refractivity contribution < 1.29 is 4.74 Å². The molecule has 1 aliphatic rings. The lowest BCUT2D eigenvalue weighted by Crippen LogP contribution is -2.38. The molecular formula is C19H22BrN3O. The molecule has 0 amide bonds. The molecule has 2 N–H and O–H groups in total. The lowest BCUT2D eigenvalue weighted by atomic mass is 10.1. The average Bonchev–Trinajstić information content (AvgIpc) is 3.38. The van der Waals surface area contributed by atoms with Crippen molar-refractivity contribution in [3.63, 3.8) is 0 Å². The fourth-order valence-corrected chi connectivity index (χ4v) is 3.10. The van der Waals surface area contributed by atoms with Crippen molar-refractivity contribution >= 4 is 21.9 Å². The van der Waals surface area contributed by atoms with Crippen molar-refractivity contribution in [3.8, 4) is 5.75 Å². The monoisotopic (exact) mass is 387 g/mol. The van der Waals surface area contributed by atoms with Crippen LogP contribution >= 0.6 is 15.9 Å². The van der Waals surface area contributed by atoms with E-state index in [0.717, 1.165) is 28.2 Å². The fourth-order valence-electron chi connectivity index (χ4n) is 2.83. The largest absolute Gasteiger partial charge is 0.496 e. The number of ether oxygens (including phenoxy) is 1. The molecule has 0 spiro atoms. The van der Waals surface area contributed by atoms with Crippen LogP contribution in [0.4, 0.5) is 0 Å². The maximum atomic E-state index is 5.39. The molecule has 2 unspecified atom stereocenters. The van der Waals surface area contributed by atoms with Gasteiger partial charge in [-0.15, -0.1) is 0 Å². The molecule has 2 aromatic carbocycles. The van der Waals surface area contributed by atoms with Gasteiger partial charge in [0, 0.05) is 35.6 Å². The van der Waals surface area contributed by atoms with E-state index in [1.54, 1.807) is 14.2 Å². The summed E-state index contributed by atoms with van der Waals surface area (Å²) in [6, 6.07) is 17.0. The van der Waals surface area contributed by atoms with E-state index in [1.807, 2.05) is 18.2 Å². The molecule has 2 aromatic rings. The van der Waals surface area contributed by atoms with Gasteiger partial charge >= 0.3 is 0 Å². The molecule has 0 radical (unpaired) electrons. The standard InChI is InChI=1S/C19H22BrN3O/c1-21-19(22-12-14-5-3-4-6-18(14)24-2)23-17-11-16(17)13-7-9-15(20)10-8-13/h3-10,16-17H,11-12H2,1-2H3,(H2,21,22,23). The Morgan fingerprint density at radius 3 is 2.67 bits per heavy atom. The van der Waals surface area contributed by atoms with Crippen LogP contribution < -0.4 is 15.4 Å². The number of nitrogens with one attached hydrogen (secondary N) is 2. The summed E-state index contributed by atoms with van der Waals surface area (Å²) in [4.78, 5) is 4.33. The molecular weight excluding hydrogens is 366 g/mol. The molecule has 0 saturated heterocycles. The molecule has 1 aliphatic carbocycles. The van der Waals surface area contributed by atoms with Crippen LogP contribution in [0.3, 0.4) is 0 Å². The molecule has 1 fully saturated rings. The number of guanidine groups is 1. The highest BCUT2D eigenvalue weighted by molar-refractivity contribution is 9.10. The number of nitrogens with zero attached hydrogens (tertiary/aromatic N) is 1. The van der Waals surface area contributed by atoms with E-state index in [9.17, 15) is 0 Å². The zero-order valence-electron chi connectivity index (χ0n) is 13.9. The van der Waals surface area contributed by atoms with Crippen molar-refractivity contribution in [1.82, 2.24) is 10.6 Å². The van der Waals surface area contributed by atoms with E-state index in [0.29, 0.717) is 18.5 Å². The first kappa shape index (κ1) is 16.8. The van der Waals surface area contributed by atoms with E-state index >= 15 is 0 Å². The number of rotatable bonds is 5. The van der Waals surface area contributed by atoms with Gasteiger partial charge in [0.15, 0.2) is 5.96 Å². The highest BCUT2D eigenvalue weighted by atomic mass is 79.9. The Morgan fingerprint density at radius 1 is 1.21 bits per heavy atom. The maximum absolute atomic E-state index is 5.39. The predicted molar refractivity (Wildman–Crippen MR) is 102 cm³/mol. The molecule has 24 heavy (non-hydrogen) atoms. The van der Waals surface area contributed by atoms with Crippen LogP contribution in [0.5, 0.6) is 5.75 Å². The zero-order chi connectivity index (χ0) is 16.9. The van der Waals surface area contributed by atoms with E-state index in [-0.39, 0.29) is 0 Å². The first-order chi connectivity index (χ1) is 11.7. The first-order valence-electron chi connectivity index (χ1n) is 8.06. The van der Waals surface area contributed by atoms with Crippen LogP contribution in [0.25, 0.3) is 0 Å². The third-order valence-electron chi connectivity index (χ3n) is 4.27. The SMILES string of the molecule is CN=C(NCc1ccccc1OC)NC1CC1c1ccc(Br)cc1. The Hall–Kier alpha value is -2.01. The number of methoxy groups -OCH3 is 1. The van der Waals surface area contributed by atoms with Gasteiger partial charge in [-0.25, -0.2) is 0 Å². The minimum atomic E-state index is 0.440. The minimum Gasteiger partial charge on any atom is -0.496 e. The van der Waals surface area contributed by atoms with Crippen molar-refractivity contribution in [1.29, 1.82) is 0 Å². The number of halogens is 1. The van der Waals surface area contributed by atoms with Crippen molar-refractivity contribution in [2.75, 3.05) is 14.2 Å². The molecule has 3 rings (SSSR count). The van der Waals surface area contributed by atoms with Crippen LogP contribution in [0, 0.1) is 0 Å². The summed E-state index contributed by atoms with van der Waals surface area (Å²) in [5.41, 5.74) is 2.49. The third kappa shape index (κ3) is 4.09. The summed E-state index contributed by atoms with van der Waals surface area (Å²) in [5.74, 6) is 2.27. The van der Waals surface area contributed by atoms with E-state index in [2.05, 4.69) is 61.9 Å². The van der Waals surface area contributed by atoms with Crippen LogP contribution in [0.2, 0.25) is 0 Å². The topological polar surface area (TPSA) is 45.7 Å². The third-order valence-corrected chi connectivity index (χ3v) is 4.80. The number of benzene rings is 2. The lowest BCUT2D eigenvalue weighted by molar-refractivity contribution is 0.409. The van der Waals surface area contributed by atoms with Crippen molar-refractivity contribution in [2.45, 2.75) is 24.9 Å². The molecule has 0 aliphatic heterocycles. The zero-order valence-corrected chi connectivity index (χ0v) is 15.5. The Labute approximate surface area is 151 Å². The first-order valence-corrected chi connectivity index (χ1v) is 8.85. The lowest BCUT2D eigenvalue weighted by Gasteiger charge is -2.13. The van der Waals surface area contributed by atoms with E-state index < -0.39 is 0 Å². The molecule has 2 atom stereocenters. The quantitative estimate of drug-likeness (QED) is 0.607. The second-order valence-electron chi connectivity index (χ2n) is 5.88. The summed E-state index contributed by atoms with van der Waals surface area (Å²) in [7, 11) is 3.49. The Bertz CT molecular complexity index is 715.